The first-order valence-electron chi connectivity index (χ1n) is 8.77. The highest BCUT2D eigenvalue weighted by atomic mass is 16.5. The molecule has 24 heavy (non-hydrogen) atoms. The van der Waals surface area contributed by atoms with Gasteiger partial charge >= 0.3 is 0 Å². The fraction of sp³-hybridized carbons (Fsp3) is 0.500. The van der Waals surface area contributed by atoms with E-state index in [-0.39, 0.29) is 5.60 Å². The highest BCUT2D eigenvalue weighted by molar-refractivity contribution is 5.21. The van der Waals surface area contributed by atoms with Gasteiger partial charge in [0.25, 0.3) is 0 Å². The molecule has 0 radical (unpaired) electrons. The number of nitrogens with zero attached hydrogens (tertiary/aromatic N) is 3. The molecule has 1 saturated heterocycles. The topological polar surface area (TPSA) is 38.3 Å². The third-order valence-electron chi connectivity index (χ3n) is 4.37. The summed E-state index contributed by atoms with van der Waals surface area (Å²) in [5.74, 6) is 1.34. The molecule has 4 heteroatoms. The van der Waals surface area contributed by atoms with E-state index in [1.54, 1.807) is 12.4 Å². The molecular formula is C20H27N3O. The molecule has 4 nitrogen and oxygen atoms in total. The molecule has 1 aliphatic heterocycles. The monoisotopic (exact) mass is 325 g/mol. The van der Waals surface area contributed by atoms with Crippen molar-refractivity contribution in [2.24, 2.45) is 0 Å². The lowest BCUT2D eigenvalue weighted by Crippen LogP contribution is -2.33. The molecule has 2 heterocycles. The Morgan fingerprint density at radius 2 is 1.71 bits per heavy atom. The van der Waals surface area contributed by atoms with Gasteiger partial charge in [0, 0.05) is 18.9 Å². The molecule has 1 aromatic heterocycles. The Morgan fingerprint density at radius 3 is 2.38 bits per heavy atom. The van der Waals surface area contributed by atoms with Crippen molar-refractivity contribution >= 4 is 0 Å². The molecular weight excluding hydrogens is 298 g/mol. The Kier molecular flexibility index (Phi) is 5.14. The summed E-state index contributed by atoms with van der Waals surface area (Å²) < 4.78 is 5.96. The fourth-order valence-electron chi connectivity index (χ4n) is 3.20. The number of ether oxygens (including phenoxy) is 1. The molecule has 0 atom stereocenters. The molecule has 1 aliphatic rings. The zero-order valence-electron chi connectivity index (χ0n) is 14.9. The summed E-state index contributed by atoms with van der Waals surface area (Å²) in [5.41, 5.74) is 2.14. The van der Waals surface area contributed by atoms with Gasteiger partial charge in [-0.25, -0.2) is 4.98 Å². The molecule has 0 amide bonds. The van der Waals surface area contributed by atoms with E-state index in [1.165, 1.54) is 18.4 Å². The Bertz CT molecular complexity index is 643. The summed E-state index contributed by atoms with van der Waals surface area (Å²) in [4.78, 5) is 11.3. The predicted octanol–water partition coefficient (Wildman–Crippen LogP) is 4.03. The Hall–Kier alpha value is -1.94. The standard InChI is InChI=1S/C20H27N3O/c1-20(2,3)24-19-18(21-11-12-22-19)15-23-13-9-17(10-14-23)16-7-5-4-6-8-16/h4-8,11-12,17H,9-10,13-15H2,1-3H3. The first-order valence-corrected chi connectivity index (χ1v) is 8.77. The molecule has 128 valence electrons. The zero-order chi connectivity index (χ0) is 17.0. The summed E-state index contributed by atoms with van der Waals surface area (Å²) in [6.45, 7) is 9.10. The predicted molar refractivity (Wildman–Crippen MR) is 96.1 cm³/mol. The van der Waals surface area contributed by atoms with Crippen molar-refractivity contribution in [3.8, 4) is 5.88 Å². The van der Waals surface area contributed by atoms with Crippen LogP contribution in [0.2, 0.25) is 0 Å². The van der Waals surface area contributed by atoms with Gasteiger partial charge in [-0.1, -0.05) is 30.3 Å². The average Bonchev–Trinajstić information content (AvgIpc) is 2.57. The van der Waals surface area contributed by atoms with E-state index in [9.17, 15) is 0 Å². The lowest BCUT2D eigenvalue weighted by atomic mass is 9.89. The van der Waals surface area contributed by atoms with Gasteiger partial charge in [0.05, 0.1) is 0 Å². The first kappa shape index (κ1) is 16.9. The van der Waals surface area contributed by atoms with Crippen LogP contribution in [0, 0.1) is 0 Å². The number of hydrogen-bond acceptors (Lipinski definition) is 4. The quantitative estimate of drug-likeness (QED) is 0.850. The molecule has 3 rings (SSSR count). The van der Waals surface area contributed by atoms with Crippen LogP contribution in [0.15, 0.2) is 42.7 Å². The second-order valence-corrected chi connectivity index (χ2v) is 7.48. The SMILES string of the molecule is CC(C)(C)Oc1nccnc1CN1CCC(c2ccccc2)CC1. The summed E-state index contributed by atoms with van der Waals surface area (Å²) in [6.07, 6.45) is 5.84. The second kappa shape index (κ2) is 7.31. The van der Waals surface area contributed by atoms with Gasteiger partial charge in [0.2, 0.25) is 5.88 Å². The molecule has 0 unspecified atom stereocenters. The van der Waals surface area contributed by atoms with E-state index in [1.807, 2.05) is 20.8 Å². The summed E-state index contributed by atoms with van der Waals surface area (Å²) in [5, 5.41) is 0. The molecule has 0 bridgehead atoms. The number of likely N-dealkylation sites (tertiary alicyclic amines) is 1. The third-order valence-corrected chi connectivity index (χ3v) is 4.37. The third kappa shape index (κ3) is 4.54. The fourth-order valence-corrected chi connectivity index (χ4v) is 3.20. The second-order valence-electron chi connectivity index (χ2n) is 7.48. The van der Waals surface area contributed by atoms with Gasteiger partial charge in [-0.3, -0.25) is 9.88 Å². The molecule has 0 spiro atoms. The van der Waals surface area contributed by atoms with Crippen LogP contribution in [0.3, 0.4) is 0 Å². The molecule has 1 aromatic carbocycles. The van der Waals surface area contributed by atoms with Crippen LogP contribution in [-0.2, 0) is 6.54 Å². The van der Waals surface area contributed by atoms with Crippen LogP contribution in [0.5, 0.6) is 5.88 Å². The van der Waals surface area contributed by atoms with E-state index in [2.05, 4.69) is 45.2 Å². The Morgan fingerprint density at radius 1 is 1.04 bits per heavy atom. The van der Waals surface area contributed by atoms with Crippen LogP contribution in [0.1, 0.15) is 50.8 Å². The van der Waals surface area contributed by atoms with Crippen molar-refractivity contribution in [1.29, 1.82) is 0 Å². The summed E-state index contributed by atoms with van der Waals surface area (Å²) in [7, 11) is 0. The molecule has 0 aliphatic carbocycles. The normalized spacial score (nSPS) is 17.0. The van der Waals surface area contributed by atoms with Crippen molar-refractivity contribution in [2.75, 3.05) is 13.1 Å². The number of hydrogen-bond donors (Lipinski definition) is 0. The van der Waals surface area contributed by atoms with Crippen LogP contribution in [0.4, 0.5) is 0 Å². The zero-order valence-corrected chi connectivity index (χ0v) is 14.9. The molecule has 2 aromatic rings. The molecule has 1 fully saturated rings. The number of benzene rings is 1. The lowest BCUT2D eigenvalue weighted by Gasteiger charge is -2.32. The Balaban J connectivity index is 1.61. The lowest BCUT2D eigenvalue weighted by molar-refractivity contribution is 0.117. The minimum Gasteiger partial charge on any atom is -0.471 e. The van der Waals surface area contributed by atoms with Crippen LogP contribution in [-0.4, -0.2) is 33.6 Å². The molecule has 0 N–H and O–H groups in total. The smallest absolute Gasteiger partial charge is 0.237 e. The van der Waals surface area contributed by atoms with E-state index >= 15 is 0 Å². The minimum atomic E-state index is -0.259. The van der Waals surface area contributed by atoms with Gasteiger partial charge in [0.1, 0.15) is 11.3 Å². The summed E-state index contributed by atoms with van der Waals surface area (Å²) in [6, 6.07) is 10.9. The first-order chi connectivity index (χ1) is 11.5. The van der Waals surface area contributed by atoms with Gasteiger partial charge in [0.15, 0.2) is 0 Å². The van der Waals surface area contributed by atoms with Crippen molar-refractivity contribution in [1.82, 2.24) is 14.9 Å². The Labute approximate surface area is 144 Å². The van der Waals surface area contributed by atoms with Gasteiger partial charge in [-0.15, -0.1) is 0 Å². The van der Waals surface area contributed by atoms with Crippen molar-refractivity contribution in [2.45, 2.75) is 51.7 Å². The largest absolute Gasteiger partial charge is 0.471 e. The van der Waals surface area contributed by atoms with Gasteiger partial charge < -0.3 is 4.74 Å². The van der Waals surface area contributed by atoms with Gasteiger partial charge in [-0.2, -0.15) is 0 Å². The van der Waals surface area contributed by atoms with Crippen molar-refractivity contribution in [3.05, 3.63) is 54.0 Å². The maximum atomic E-state index is 5.96. The molecule has 0 saturated carbocycles. The maximum Gasteiger partial charge on any atom is 0.237 e. The average molecular weight is 325 g/mol. The van der Waals surface area contributed by atoms with E-state index in [4.69, 9.17) is 4.74 Å². The van der Waals surface area contributed by atoms with E-state index in [0.29, 0.717) is 11.8 Å². The van der Waals surface area contributed by atoms with Crippen LogP contribution >= 0.6 is 0 Å². The van der Waals surface area contributed by atoms with E-state index in [0.717, 1.165) is 25.3 Å². The highest BCUT2D eigenvalue weighted by Gasteiger charge is 2.23. The van der Waals surface area contributed by atoms with Crippen LogP contribution in [0.25, 0.3) is 0 Å². The summed E-state index contributed by atoms with van der Waals surface area (Å²) >= 11 is 0. The number of rotatable bonds is 4. The number of piperidine rings is 1. The highest BCUT2D eigenvalue weighted by Crippen LogP contribution is 2.29. The number of aromatic nitrogens is 2. The van der Waals surface area contributed by atoms with Crippen LogP contribution < -0.4 is 4.74 Å². The minimum absolute atomic E-state index is 0.259. The maximum absolute atomic E-state index is 5.96. The van der Waals surface area contributed by atoms with Crippen molar-refractivity contribution in [3.63, 3.8) is 0 Å². The van der Waals surface area contributed by atoms with E-state index < -0.39 is 0 Å². The van der Waals surface area contributed by atoms with Gasteiger partial charge in [-0.05, 0) is 58.2 Å². The van der Waals surface area contributed by atoms with Crippen molar-refractivity contribution < 1.29 is 4.74 Å².